The lowest BCUT2D eigenvalue weighted by molar-refractivity contribution is -0.155. The van der Waals surface area contributed by atoms with E-state index in [1.165, 1.54) is 45.8 Å². The first kappa shape index (κ1) is 59.3. The fourth-order valence-electron chi connectivity index (χ4n) is 7.65. The summed E-state index contributed by atoms with van der Waals surface area (Å²) in [6, 6.07) is 4.34. The number of esters is 2. The van der Waals surface area contributed by atoms with Crippen molar-refractivity contribution >= 4 is 47.6 Å². The quantitative estimate of drug-likeness (QED) is 0.0749. The first-order chi connectivity index (χ1) is 32.6. The number of nitrogens with one attached hydrogen (secondary N) is 4. The maximum atomic E-state index is 14.2. The summed E-state index contributed by atoms with van der Waals surface area (Å²) in [4.78, 5) is 113. The van der Waals surface area contributed by atoms with Gasteiger partial charge in [0, 0.05) is 51.6 Å². The van der Waals surface area contributed by atoms with E-state index in [1.54, 1.807) is 58.0 Å². The zero-order valence-electron chi connectivity index (χ0n) is 42.9. The van der Waals surface area contributed by atoms with Crippen molar-refractivity contribution in [3.8, 4) is 0 Å². The van der Waals surface area contributed by atoms with Gasteiger partial charge in [0.25, 0.3) is 5.91 Å². The smallest absolute Gasteiger partial charge is 0.407 e. The molecule has 0 saturated carbocycles. The van der Waals surface area contributed by atoms with Crippen LogP contribution in [0.3, 0.4) is 0 Å². The van der Waals surface area contributed by atoms with Crippen molar-refractivity contribution in [3.05, 3.63) is 59.2 Å². The van der Waals surface area contributed by atoms with Gasteiger partial charge in [-0.15, -0.1) is 0 Å². The van der Waals surface area contributed by atoms with Crippen LogP contribution in [0, 0.1) is 17.8 Å². The van der Waals surface area contributed by atoms with Crippen LogP contribution in [0.1, 0.15) is 120 Å². The molecule has 5 N–H and O–H groups in total. The fraction of sp³-hybridized carbons (Fsp3) is 0.647. The summed E-state index contributed by atoms with van der Waals surface area (Å²) in [5.74, 6) is -6.17. The van der Waals surface area contributed by atoms with E-state index in [1.807, 2.05) is 26.8 Å². The highest BCUT2D eigenvalue weighted by molar-refractivity contribution is 5.96. The minimum Gasteiger partial charge on any atom is -0.456 e. The number of aliphatic hydroxyl groups is 1. The number of aliphatic hydroxyl groups excluding tert-OH is 1. The molecule has 1 heterocycles. The van der Waals surface area contributed by atoms with Crippen LogP contribution >= 0.6 is 0 Å². The normalized spacial score (nSPS) is 26.2. The van der Waals surface area contributed by atoms with Gasteiger partial charge in [-0.25, -0.2) is 14.4 Å². The third kappa shape index (κ3) is 19.6. The summed E-state index contributed by atoms with van der Waals surface area (Å²) in [6.07, 6.45) is 2.68. The molecule has 2 rings (SSSR count). The number of rotatable bonds is 14. The third-order valence-corrected chi connectivity index (χ3v) is 12.4. The molecule has 0 bridgehead atoms. The number of ether oxygens (including phenoxy) is 3. The lowest BCUT2D eigenvalue weighted by atomic mass is 9.90. The number of allylic oxidation sites excluding steroid dienone is 1. The Bertz CT molecular complexity index is 1940. The molecular weight excluding hydrogens is 889 g/mol. The largest absolute Gasteiger partial charge is 0.456 e. The number of amides is 6. The minimum absolute atomic E-state index is 0.0450. The van der Waals surface area contributed by atoms with Crippen LogP contribution in [0.25, 0.3) is 0 Å². The van der Waals surface area contributed by atoms with Crippen molar-refractivity contribution < 1.29 is 57.7 Å². The standard InChI is InChI=1S/C51H80N6O12/c1-13-32(5)43-46(61)54-37(10)50(65)69-44(33(6)14-2)35(8)40(68-51(66)52-26-20-15-16-21-27-58)25-24-34(7)49(64)67-41(28-31(3)4)45(60)53-36(9)47(62)57(12)39(29-38-22-18-17-19-23-38)48(63)56(11)30-42(59)55-43/h14,17-19,22-24,31-32,35-37,39-41,43-44,58H,13,15-16,20-21,25-30H2,1-12H3,(H,52,66)(H,53,60)(H,54,61)(H,55,59)/b33-14+,34-24+/t32?,35-,36-,37+,39+,40-,41+,43-,44+/m0/s1. The number of alkyl carbamates (subject to hydrolysis) is 1. The van der Waals surface area contributed by atoms with Gasteiger partial charge in [-0.3, -0.25) is 24.0 Å². The average molecular weight is 969 g/mol. The molecule has 0 aliphatic carbocycles. The maximum Gasteiger partial charge on any atom is 0.407 e. The van der Waals surface area contributed by atoms with Crippen molar-refractivity contribution in [3.63, 3.8) is 0 Å². The van der Waals surface area contributed by atoms with E-state index in [2.05, 4.69) is 21.3 Å². The maximum absolute atomic E-state index is 14.2. The Balaban J connectivity index is 2.69. The van der Waals surface area contributed by atoms with Crippen LogP contribution < -0.4 is 21.3 Å². The molecule has 1 aliphatic rings. The summed E-state index contributed by atoms with van der Waals surface area (Å²) in [5, 5.41) is 19.9. The molecule has 18 nitrogen and oxygen atoms in total. The molecule has 0 saturated heterocycles. The minimum atomic E-state index is -1.32. The van der Waals surface area contributed by atoms with Crippen LogP contribution in [0.2, 0.25) is 0 Å². The second-order valence-corrected chi connectivity index (χ2v) is 18.6. The van der Waals surface area contributed by atoms with Crippen molar-refractivity contribution in [2.24, 2.45) is 17.8 Å². The molecule has 1 aliphatic heterocycles. The summed E-state index contributed by atoms with van der Waals surface area (Å²) in [6.45, 7) is 16.8. The number of cyclic esters (lactones) is 2. The third-order valence-electron chi connectivity index (χ3n) is 12.4. The van der Waals surface area contributed by atoms with Crippen LogP contribution in [0.15, 0.2) is 53.6 Å². The van der Waals surface area contributed by atoms with Crippen molar-refractivity contribution in [2.45, 2.75) is 163 Å². The molecule has 386 valence electrons. The van der Waals surface area contributed by atoms with Crippen LogP contribution in [-0.2, 0) is 54.2 Å². The van der Waals surface area contributed by atoms with Gasteiger partial charge in [0.1, 0.15) is 36.4 Å². The molecule has 18 heteroatoms. The van der Waals surface area contributed by atoms with Gasteiger partial charge in [0.15, 0.2) is 6.10 Å². The summed E-state index contributed by atoms with van der Waals surface area (Å²) in [5.41, 5.74) is 1.42. The molecule has 0 fully saturated rings. The predicted molar refractivity (Wildman–Crippen MR) is 261 cm³/mol. The number of likely N-dealkylation sites (N-methyl/N-ethyl adjacent to an activating group) is 2. The molecule has 0 aromatic heterocycles. The molecule has 0 spiro atoms. The van der Waals surface area contributed by atoms with Gasteiger partial charge in [0.2, 0.25) is 23.6 Å². The second-order valence-electron chi connectivity index (χ2n) is 18.6. The Hall–Kier alpha value is -5.78. The highest BCUT2D eigenvalue weighted by atomic mass is 16.6. The van der Waals surface area contributed by atoms with Crippen LogP contribution in [0.5, 0.6) is 0 Å². The topological polar surface area (TPSA) is 239 Å². The fourth-order valence-corrected chi connectivity index (χ4v) is 7.65. The Morgan fingerprint density at radius 3 is 2.14 bits per heavy atom. The molecule has 1 aromatic carbocycles. The number of hydrogen-bond acceptors (Lipinski definition) is 12. The summed E-state index contributed by atoms with van der Waals surface area (Å²) >= 11 is 0. The Labute approximate surface area is 409 Å². The van der Waals surface area contributed by atoms with Gasteiger partial charge in [-0.2, -0.15) is 0 Å². The van der Waals surface area contributed by atoms with E-state index in [9.17, 15) is 38.4 Å². The zero-order chi connectivity index (χ0) is 52.0. The molecule has 1 aromatic rings. The van der Waals surface area contributed by atoms with E-state index in [4.69, 9.17) is 19.3 Å². The van der Waals surface area contributed by atoms with E-state index in [-0.39, 0.29) is 37.4 Å². The lowest BCUT2D eigenvalue weighted by Crippen LogP contribution is -2.57. The number of carbonyl (C=O) groups is 8. The van der Waals surface area contributed by atoms with Gasteiger partial charge < -0.3 is 50.4 Å². The SMILES string of the molecule is C/C=C(\C)[C@H]1OC(=O)[C@@H](C)NC(=O)[C@H](C(C)CC)NC(=O)CN(C)C(=O)[C@@H](Cc2ccccc2)N(C)C(=O)[C@H](C)NC(=O)[C@@H](CC(C)C)OC(=O)/C(C)=C/C[C@H](OC(=O)NCCCCCCO)[C@@H]1C. The van der Waals surface area contributed by atoms with Gasteiger partial charge in [0.05, 0.1) is 6.54 Å². The number of hydrogen-bond donors (Lipinski definition) is 5. The lowest BCUT2D eigenvalue weighted by Gasteiger charge is -2.33. The van der Waals surface area contributed by atoms with Gasteiger partial charge in [-0.1, -0.05) is 96.4 Å². The van der Waals surface area contributed by atoms with Gasteiger partial charge >= 0.3 is 18.0 Å². The van der Waals surface area contributed by atoms with Crippen molar-refractivity contribution in [1.29, 1.82) is 0 Å². The molecule has 6 amide bonds. The van der Waals surface area contributed by atoms with E-state index in [0.717, 1.165) is 23.3 Å². The van der Waals surface area contributed by atoms with E-state index < -0.39 is 108 Å². The summed E-state index contributed by atoms with van der Waals surface area (Å²) in [7, 11) is 2.84. The summed E-state index contributed by atoms with van der Waals surface area (Å²) < 4.78 is 17.8. The first-order valence-corrected chi connectivity index (χ1v) is 24.3. The zero-order valence-corrected chi connectivity index (χ0v) is 42.9. The first-order valence-electron chi connectivity index (χ1n) is 24.3. The highest BCUT2D eigenvalue weighted by Gasteiger charge is 2.37. The molecule has 69 heavy (non-hydrogen) atoms. The molecule has 1 unspecified atom stereocenters. The Morgan fingerprint density at radius 1 is 0.899 bits per heavy atom. The van der Waals surface area contributed by atoms with E-state index in [0.29, 0.717) is 31.4 Å². The second kappa shape index (κ2) is 30.0. The van der Waals surface area contributed by atoms with Crippen LogP contribution in [-0.4, -0.2) is 139 Å². The van der Waals surface area contributed by atoms with Crippen molar-refractivity contribution in [2.75, 3.05) is 33.8 Å². The number of unbranched alkanes of at least 4 members (excludes halogenated alkanes) is 3. The molecule has 0 radical (unpaired) electrons. The van der Waals surface area contributed by atoms with Crippen molar-refractivity contribution in [1.82, 2.24) is 31.1 Å². The average Bonchev–Trinajstić information content (AvgIpc) is 3.31. The molecular formula is C51H80N6O12. The number of carbonyl (C=O) groups excluding carboxylic acids is 8. The number of benzene rings is 1. The number of nitrogens with zero attached hydrogens (tertiary/aromatic N) is 2. The van der Waals surface area contributed by atoms with Crippen LogP contribution in [0.4, 0.5) is 4.79 Å². The highest BCUT2D eigenvalue weighted by Crippen LogP contribution is 2.26. The van der Waals surface area contributed by atoms with Gasteiger partial charge in [-0.05, 0) is 76.9 Å². The monoisotopic (exact) mass is 969 g/mol. The Morgan fingerprint density at radius 2 is 1.54 bits per heavy atom. The molecule has 9 atom stereocenters. The Kier molecular flexibility index (Phi) is 25.8. The van der Waals surface area contributed by atoms with E-state index >= 15 is 0 Å². The predicted octanol–water partition coefficient (Wildman–Crippen LogP) is 4.52.